The van der Waals surface area contributed by atoms with E-state index < -0.39 is 5.92 Å². The SMILES string of the molecule is O=C(Nc1nccc(N2CCC(F)(F)CC2)n1)c1ccc(Br)cc1N1CCC2(CC1)CC2. The van der Waals surface area contributed by atoms with Gasteiger partial charge in [-0.2, -0.15) is 4.98 Å². The number of hydrogen-bond acceptors (Lipinski definition) is 5. The van der Waals surface area contributed by atoms with Crippen LogP contribution in [0.15, 0.2) is 34.9 Å². The van der Waals surface area contributed by atoms with E-state index in [1.807, 2.05) is 18.2 Å². The summed E-state index contributed by atoms with van der Waals surface area (Å²) in [5.41, 5.74) is 2.03. The summed E-state index contributed by atoms with van der Waals surface area (Å²) in [6, 6.07) is 7.35. The van der Waals surface area contributed by atoms with Crippen LogP contribution in [-0.2, 0) is 0 Å². The zero-order valence-corrected chi connectivity index (χ0v) is 19.4. The number of piperidine rings is 2. The summed E-state index contributed by atoms with van der Waals surface area (Å²) in [5.74, 6) is -2.17. The molecule has 1 aliphatic carbocycles. The quantitative estimate of drug-likeness (QED) is 0.625. The Bertz CT molecular complexity index is 1010. The molecule has 1 saturated carbocycles. The molecule has 0 unspecified atom stereocenters. The van der Waals surface area contributed by atoms with Gasteiger partial charge in [0, 0.05) is 49.7 Å². The van der Waals surface area contributed by atoms with Crippen molar-refractivity contribution in [2.45, 2.75) is 44.4 Å². The summed E-state index contributed by atoms with van der Waals surface area (Å²) in [4.78, 5) is 25.8. The van der Waals surface area contributed by atoms with Gasteiger partial charge in [0.1, 0.15) is 5.82 Å². The lowest BCUT2D eigenvalue weighted by atomic mass is 9.93. The van der Waals surface area contributed by atoms with Crippen molar-refractivity contribution in [2.24, 2.45) is 5.41 Å². The summed E-state index contributed by atoms with van der Waals surface area (Å²) in [6.07, 6.45) is 6.15. The fourth-order valence-electron chi connectivity index (χ4n) is 4.67. The number of halogens is 3. The van der Waals surface area contributed by atoms with Gasteiger partial charge in [-0.05, 0) is 55.4 Å². The maximum Gasteiger partial charge on any atom is 0.260 e. The monoisotopic (exact) mass is 505 g/mol. The molecule has 32 heavy (non-hydrogen) atoms. The van der Waals surface area contributed by atoms with Gasteiger partial charge in [-0.3, -0.25) is 10.1 Å². The predicted molar refractivity (Wildman–Crippen MR) is 124 cm³/mol. The van der Waals surface area contributed by atoms with Gasteiger partial charge in [-0.1, -0.05) is 15.9 Å². The molecule has 170 valence electrons. The zero-order valence-electron chi connectivity index (χ0n) is 17.8. The molecule has 3 fully saturated rings. The van der Waals surface area contributed by atoms with Gasteiger partial charge in [0.25, 0.3) is 11.8 Å². The number of nitrogens with zero attached hydrogens (tertiary/aromatic N) is 4. The number of rotatable bonds is 4. The lowest BCUT2D eigenvalue weighted by molar-refractivity contribution is -0.0221. The molecule has 9 heteroatoms. The van der Waals surface area contributed by atoms with Crippen LogP contribution in [0, 0.1) is 5.41 Å². The lowest BCUT2D eigenvalue weighted by Crippen LogP contribution is -2.39. The summed E-state index contributed by atoms with van der Waals surface area (Å²) in [7, 11) is 0. The van der Waals surface area contributed by atoms with Crippen molar-refractivity contribution >= 4 is 39.3 Å². The van der Waals surface area contributed by atoms with Crippen molar-refractivity contribution in [3.63, 3.8) is 0 Å². The van der Waals surface area contributed by atoms with Crippen molar-refractivity contribution < 1.29 is 13.6 Å². The third-order valence-corrected chi connectivity index (χ3v) is 7.50. The molecule has 2 aliphatic heterocycles. The number of alkyl halides is 2. The van der Waals surface area contributed by atoms with Crippen LogP contribution in [0.2, 0.25) is 0 Å². The first-order valence-electron chi connectivity index (χ1n) is 11.1. The van der Waals surface area contributed by atoms with Crippen LogP contribution >= 0.6 is 15.9 Å². The maximum atomic E-state index is 13.5. The third kappa shape index (κ3) is 4.58. The molecule has 1 aromatic heterocycles. The number of nitrogens with one attached hydrogen (secondary N) is 1. The maximum absolute atomic E-state index is 13.5. The normalized spacial score (nSPS) is 21.5. The number of carbonyl (C=O) groups excluding carboxylic acids is 1. The summed E-state index contributed by atoms with van der Waals surface area (Å²) >= 11 is 3.53. The molecule has 6 nitrogen and oxygen atoms in total. The van der Waals surface area contributed by atoms with Gasteiger partial charge >= 0.3 is 0 Å². The summed E-state index contributed by atoms with van der Waals surface area (Å²) in [6.45, 7) is 2.35. The topological polar surface area (TPSA) is 61.4 Å². The van der Waals surface area contributed by atoms with Gasteiger partial charge in [0.2, 0.25) is 5.95 Å². The number of amides is 1. The van der Waals surface area contributed by atoms with E-state index in [1.165, 1.54) is 25.7 Å². The number of anilines is 3. The highest BCUT2D eigenvalue weighted by Crippen LogP contribution is 2.54. The summed E-state index contributed by atoms with van der Waals surface area (Å²) in [5, 5.41) is 2.80. The molecule has 3 aliphatic rings. The zero-order chi connectivity index (χ0) is 22.3. The van der Waals surface area contributed by atoms with Crippen molar-refractivity contribution in [2.75, 3.05) is 41.3 Å². The van der Waals surface area contributed by atoms with E-state index in [4.69, 9.17) is 0 Å². The van der Waals surface area contributed by atoms with Crippen LogP contribution in [-0.4, -0.2) is 48.0 Å². The van der Waals surface area contributed by atoms with E-state index in [1.54, 1.807) is 17.2 Å². The lowest BCUT2D eigenvalue weighted by Gasteiger charge is -2.35. The van der Waals surface area contributed by atoms with E-state index in [-0.39, 0.29) is 37.8 Å². The first-order valence-corrected chi connectivity index (χ1v) is 11.9. The minimum absolute atomic E-state index is 0.175. The van der Waals surface area contributed by atoms with Crippen LogP contribution in [0.5, 0.6) is 0 Å². The van der Waals surface area contributed by atoms with E-state index >= 15 is 0 Å². The second-order valence-electron chi connectivity index (χ2n) is 9.18. The van der Waals surface area contributed by atoms with Gasteiger partial charge in [-0.25, -0.2) is 13.8 Å². The third-order valence-electron chi connectivity index (χ3n) is 7.01. The molecular formula is C23H26BrF2N5O. The number of hydrogen-bond donors (Lipinski definition) is 1. The predicted octanol–water partition coefficient (Wildman–Crippen LogP) is 5.11. The molecule has 0 radical (unpaired) electrons. The van der Waals surface area contributed by atoms with Gasteiger partial charge in [-0.15, -0.1) is 0 Å². The highest BCUT2D eigenvalue weighted by atomic mass is 79.9. The van der Waals surface area contributed by atoms with E-state index in [2.05, 4.69) is 36.1 Å². The van der Waals surface area contributed by atoms with Crippen LogP contribution in [0.4, 0.5) is 26.2 Å². The Hall–Kier alpha value is -2.29. The average molecular weight is 506 g/mol. The van der Waals surface area contributed by atoms with Crippen molar-refractivity contribution in [3.05, 3.63) is 40.5 Å². The number of benzene rings is 1. The minimum Gasteiger partial charge on any atom is -0.371 e. The molecule has 0 atom stereocenters. The molecule has 2 saturated heterocycles. The summed E-state index contributed by atoms with van der Waals surface area (Å²) < 4.78 is 27.9. The van der Waals surface area contributed by atoms with Crippen LogP contribution in [0.1, 0.15) is 48.9 Å². The molecule has 1 aromatic carbocycles. The van der Waals surface area contributed by atoms with Crippen LogP contribution < -0.4 is 15.1 Å². The Balaban J connectivity index is 1.31. The molecule has 1 N–H and O–H groups in total. The largest absolute Gasteiger partial charge is 0.371 e. The molecule has 3 heterocycles. The fraction of sp³-hybridized carbons (Fsp3) is 0.522. The Morgan fingerprint density at radius 2 is 1.66 bits per heavy atom. The second-order valence-corrected chi connectivity index (χ2v) is 10.1. The minimum atomic E-state index is -2.62. The molecule has 1 amide bonds. The smallest absolute Gasteiger partial charge is 0.260 e. The van der Waals surface area contributed by atoms with Crippen molar-refractivity contribution in [1.82, 2.24) is 9.97 Å². The van der Waals surface area contributed by atoms with Crippen molar-refractivity contribution in [1.29, 1.82) is 0 Å². The average Bonchev–Trinajstić information content (AvgIpc) is 3.53. The van der Waals surface area contributed by atoms with Gasteiger partial charge < -0.3 is 9.80 Å². The van der Waals surface area contributed by atoms with Gasteiger partial charge in [0.05, 0.1) is 11.3 Å². The highest BCUT2D eigenvalue weighted by molar-refractivity contribution is 9.10. The molecule has 2 aromatic rings. The Kier molecular flexibility index (Phi) is 5.55. The fourth-order valence-corrected chi connectivity index (χ4v) is 5.02. The van der Waals surface area contributed by atoms with Crippen molar-refractivity contribution in [3.8, 4) is 0 Å². The second kappa shape index (κ2) is 8.24. The van der Waals surface area contributed by atoms with E-state index in [0.29, 0.717) is 16.8 Å². The molecular weight excluding hydrogens is 480 g/mol. The van der Waals surface area contributed by atoms with Crippen LogP contribution in [0.25, 0.3) is 0 Å². The number of aromatic nitrogens is 2. The standard InChI is InChI=1S/C23H26BrF2N5O/c24-16-1-2-17(18(15-16)30-11-6-22(4-5-22)7-12-30)20(32)29-21-27-10-3-19(28-21)31-13-8-23(25,26)9-14-31/h1-3,10,15H,4-9,11-14H2,(H,27,28,29,32). The van der Waals surface area contributed by atoms with Gasteiger partial charge in [0.15, 0.2) is 0 Å². The highest BCUT2D eigenvalue weighted by Gasteiger charge is 2.44. The first kappa shape index (κ1) is 21.6. The van der Waals surface area contributed by atoms with E-state index in [9.17, 15) is 13.6 Å². The Morgan fingerprint density at radius 1 is 0.969 bits per heavy atom. The first-order chi connectivity index (χ1) is 15.3. The van der Waals surface area contributed by atoms with E-state index in [0.717, 1.165) is 23.2 Å². The molecule has 0 bridgehead atoms. The molecule has 1 spiro atoms. The Labute approximate surface area is 194 Å². The molecule has 5 rings (SSSR count). The Morgan fingerprint density at radius 3 is 2.34 bits per heavy atom. The van der Waals surface area contributed by atoms with Crippen LogP contribution in [0.3, 0.4) is 0 Å². The number of carbonyl (C=O) groups is 1.